The third-order valence-corrected chi connectivity index (χ3v) is 7.18. The molecular weight excluding hydrogens is 303 g/mol. The molecule has 0 aromatic heterocycles. The summed E-state index contributed by atoms with van der Waals surface area (Å²) >= 11 is 0. The Bertz CT molecular complexity index is 677. The number of nitrogens with zero attached hydrogens (tertiary/aromatic N) is 2. The molecule has 0 saturated heterocycles. The van der Waals surface area contributed by atoms with Gasteiger partial charge < -0.3 is 0 Å². The molecule has 0 spiro atoms. The molecule has 20 heavy (non-hydrogen) atoms. The van der Waals surface area contributed by atoms with E-state index >= 15 is 0 Å². The maximum atomic E-state index is 12.9. The molecule has 0 saturated carbocycles. The lowest BCUT2D eigenvalue weighted by molar-refractivity contribution is 0.399. The smallest absolute Gasteiger partial charge is 0.249 e. The predicted octanol–water partition coefficient (Wildman–Crippen LogP) is 2.18. The van der Waals surface area contributed by atoms with Gasteiger partial charge in [0.15, 0.2) is 0 Å². The molecule has 0 aliphatic heterocycles. The van der Waals surface area contributed by atoms with E-state index in [9.17, 15) is 17.0 Å². The Morgan fingerprint density at radius 1 is 1.25 bits per heavy atom. The number of hydrogen-bond donors (Lipinski definition) is 0. The number of benzene rings is 1. The molecule has 1 aromatic carbocycles. The van der Waals surface area contributed by atoms with Crippen molar-refractivity contribution in [3.05, 3.63) is 35.6 Å². The fraction of sp³-hybridized carbons (Fsp3) is 0.500. The molecule has 0 radical (unpaired) electrons. The van der Waals surface area contributed by atoms with Crippen molar-refractivity contribution >= 4 is 19.9 Å². The Labute approximate surface area is 120 Å². The molecule has 0 aliphatic rings. The number of hydrogen-bond acceptors (Lipinski definition) is 3. The second kappa shape index (κ2) is 6.19. The van der Waals surface area contributed by atoms with Gasteiger partial charge >= 0.3 is 10.2 Å². The summed E-state index contributed by atoms with van der Waals surface area (Å²) in [5.41, 5.74) is 0.631. The highest BCUT2D eigenvalue weighted by Gasteiger charge is 2.25. The molecule has 0 N–H and O–H groups in total. The third kappa shape index (κ3) is 4.26. The van der Waals surface area contributed by atoms with Crippen molar-refractivity contribution in [1.29, 1.82) is 0 Å². The van der Waals surface area contributed by atoms with Gasteiger partial charge in [-0.15, -0.1) is 0 Å². The maximum Gasteiger partial charge on any atom is 0.330 e. The zero-order valence-corrected chi connectivity index (χ0v) is 13.5. The first kappa shape index (κ1) is 17.1. The monoisotopic (exact) mass is 322 g/mol. The van der Waals surface area contributed by atoms with Crippen molar-refractivity contribution in [2.75, 3.05) is 19.1 Å². The Kier molecular flexibility index (Phi) is 5.28. The van der Waals surface area contributed by atoms with E-state index in [1.807, 2.05) is 0 Å². The summed E-state index contributed by atoms with van der Waals surface area (Å²) in [4.78, 5) is 0. The summed E-state index contributed by atoms with van der Waals surface area (Å²) in [6.07, 6.45) is 1.31. The molecular formula is C12H19FN2O3S2. The predicted molar refractivity (Wildman–Crippen MR) is 78.5 cm³/mol. The molecule has 0 heterocycles. The first-order valence-electron chi connectivity index (χ1n) is 6.03. The lowest BCUT2D eigenvalue weighted by atomic mass is 10.1. The van der Waals surface area contributed by atoms with Gasteiger partial charge in [-0.3, -0.25) is 0 Å². The Hall–Kier alpha value is -0.990. The number of rotatable bonds is 5. The first-order valence-corrected chi connectivity index (χ1v) is 9.52. The fourth-order valence-corrected chi connectivity index (χ4v) is 4.41. The Morgan fingerprint density at radius 3 is 2.20 bits per heavy atom. The maximum absolute atomic E-state index is 12.9. The van der Waals surface area contributed by atoms with Gasteiger partial charge in [-0.05, 0) is 24.6 Å². The van der Waals surface area contributed by atoms with Crippen LogP contribution in [-0.4, -0.2) is 36.0 Å². The van der Waals surface area contributed by atoms with Crippen molar-refractivity contribution in [1.82, 2.24) is 4.31 Å². The van der Waals surface area contributed by atoms with Crippen LogP contribution in [0.2, 0.25) is 0 Å². The highest BCUT2D eigenvalue weighted by atomic mass is 32.3. The third-order valence-electron chi connectivity index (χ3n) is 3.05. The SMILES string of the molecule is CC[S@](C)(=O)=NS(=O)(=O)N(C)[C@H](C)c1ccc(F)cc1. The van der Waals surface area contributed by atoms with Gasteiger partial charge in [0.05, 0.1) is 9.73 Å². The quantitative estimate of drug-likeness (QED) is 0.834. The average molecular weight is 322 g/mol. The second-order valence-electron chi connectivity index (χ2n) is 4.54. The summed E-state index contributed by atoms with van der Waals surface area (Å²) in [5, 5.41) is 0. The largest absolute Gasteiger partial charge is 0.330 e. The van der Waals surface area contributed by atoms with E-state index in [-0.39, 0.29) is 5.75 Å². The van der Waals surface area contributed by atoms with Crippen molar-refractivity contribution in [2.45, 2.75) is 19.9 Å². The summed E-state index contributed by atoms with van der Waals surface area (Å²) in [6.45, 7) is 3.27. The van der Waals surface area contributed by atoms with Crippen LogP contribution in [0.1, 0.15) is 25.5 Å². The van der Waals surface area contributed by atoms with Gasteiger partial charge in [-0.25, -0.2) is 8.60 Å². The van der Waals surface area contributed by atoms with Crippen molar-refractivity contribution in [2.24, 2.45) is 3.77 Å². The minimum atomic E-state index is -4.00. The highest BCUT2D eigenvalue weighted by Crippen LogP contribution is 2.23. The van der Waals surface area contributed by atoms with Crippen LogP contribution in [0.5, 0.6) is 0 Å². The zero-order chi connectivity index (χ0) is 15.6. The lowest BCUT2D eigenvalue weighted by Gasteiger charge is -2.22. The van der Waals surface area contributed by atoms with Crippen molar-refractivity contribution in [3.8, 4) is 0 Å². The molecule has 0 aliphatic carbocycles. The van der Waals surface area contributed by atoms with E-state index in [0.717, 1.165) is 4.31 Å². The van der Waals surface area contributed by atoms with Gasteiger partial charge in [0, 0.05) is 25.1 Å². The van der Waals surface area contributed by atoms with Crippen LogP contribution in [0.3, 0.4) is 0 Å². The van der Waals surface area contributed by atoms with E-state index in [4.69, 9.17) is 0 Å². The van der Waals surface area contributed by atoms with E-state index < -0.39 is 31.8 Å². The summed E-state index contributed by atoms with van der Waals surface area (Å²) in [6, 6.07) is 5.01. The molecule has 0 bridgehead atoms. The number of halogens is 1. The molecule has 5 nitrogen and oxygen atoms in total. The van der Waals surface area contributed by atoms with Crippen LogP contribution in [0, 0.1) is 5.82 Å². The standard InChI is InChI=1S/C12H19FN2O3S2/c1-5-19(4,16)14-20(17,18)15(3)10(2)11-6-8-12(13)9-7-11/h6-10H,5H2,1-4H3/t10-,19+/m1/s1. The average Bonchev–Trinajstić information content (AvgIpc) is 2.36. The minimum Gasteiger partial charge on any atom is -0.249 e. The first-order chi connectivity index (χ1) is 9.09. The molecule has 114 valence electrons. The molecule has 0 unspecified atom stereocenters. The van der Waals surface area contributed by atoms with Crippen molar-refractivity contribution < 1.29 is 17.0 Å². The highest BCUT2D eigenvalue weighted by molar-refractivity contribution is 8.02. The normalized spacial score (nSPS) is 16.7. The van der Waals surface area contributed by atoms with Crippen LogP contribution < -0.4 is 0 Å². The molecule has 8 heteroatoms. The summed E-state index contributed by atoms with van der Waals surface area (Å²) in [5.74, 6) is -0.232. The Balaban J connectivity index is 3.11. The van der Waals surface area contributed by atoms with Crippen molar-refractivity contribution in [3.63, 3.8) is 0 Å². The minimum absolute atomic E-state index is 0.158. The van der Waals surface area contributed by atoms with Gasteiger partial charge in [0.2, 0.25) is 0 Å². The van der Waals surface area contributed by atoms with Crippen LogP contribution in [-0.2, 0) is 19.9 Å². The van der Waals surface area contributed by atoms with E-state index in [1.54, 1.807) is 13.8 Å². The van der Waals surface area contributed by atoms with Gasteiger partial charge in [0.1, 0.15) is 5.82 Å². The molecule has 0 fully saturated rings. The fourth-order valence-electron chi connectivity index (χ4n) is 1.46. The van der Waals surface area contributed by atoms with Gasteiger partial charge in [-0.1, -0.05) is 22.8 Å². The van der Waals surface area contributed by atoms with E-state index in [2.05, 4.69) is 3.77 Å². The lowest BCUT2D eigenvalue weighted by Crippen LogP contribution is -2.29. The Morgan fingerprint density at radius 2 is 1.75 bits per heavy atom. The van der Waals surface area contributed by atoms with Gasteiger partial charge in [-0.2, -0.15) is 12.7 Å². The topological polar surface area (TPSA) is 66.8 Å². The summed E-state index contributed by atoms with van der Waals surface area (Å²) in [7, 11) is -5.40. The second-order valence-corrected chi connectivity index (χ2v) is 9.11. The molecule has 2 atom stereocenters. The van der Waals surface area contributed by atoms with E-state index in [0.29, 0.717) is 5.56 Å². The molecule has 1 rings (SSSR count). The van der Waals surface area contributed by atoms with Crippen LogP contribution in [0.25, 0.3) is 0 Å². The van der Waals surface area contributed by atoms with Crippen LogP contribution in [0.4, 0.5) is 4.39 Å². The molecule has 0 amide bonds. The molecule has 1 aromatic rings. The summed E-state index contributed by atoms with van der Waals surface area (Å²) < 4.78 is 53.4. The zero-order valence-electron chi connectivity index (χ0n) is 11.9. The van der Waals surface area contributed by atoms with Crippen LogP contribution >= 0.6 is 0 Å². The van der Waals surface area contributed by atoms with Gasteiger partial charge in [0.25, 0.3) is 0 Å². The van der Waals surface area contributed by atoms with E-state index in [1.165, 1.54) is 37.6 Å². The van der Waals surface area contributed by atoms with Crippen LogP contribution in [0.15, 0.2) is 28.0 Å².